The van der Waals surface area contributed by atoms with Crippen molar-refractivity contribution < 1.29 is 20.1 Å². The predicted molar refractivity (Wildman–Crippen MR) is 55.5 cm³/mol. The van der Waals surface area contributed by atoms with E-state index in [1.807, 2.05) is 6.92 Å². The van der Waals surface area contributed by atoms with Gasteiger partial charge in [0.05, 0.1) is 32.3 Å². The second-order valence-corrected chi connectivity index (χ2v) is 2.80. The fourth-order valence-corrected chi connectivity index (χ4v) is 0.553. The summed E-state index contributed by atoms with van der Waals surface area (Å²) in [4.78, 5) is 0. The van der Waals surface area contributed by atoms with E-state index in [1.54, 1.807) is 0 Å². The van der Waals surface area contributed by atoms with Crippen LogP contribution < -0.4 is 0 Å². The fraction of sp³-hybridized carbons (Fsp3) is 0.600. The Bertz CT molecular complexity index is 118. The van der Waals surface area contributed by atoms with E-state index in [0.717, 1.165) is 0 Å². The maximum absolute atomic E-state index is 8.66. The zero-order valence-electron chi connectivity index (χ0n) is 8.65. The van der Waals surface area contributed by atoms with Crippen LogP contribution in [0.1, 0.15) is 13.3 Å². The average molecular weight is 204 g/mol. The maximum atomic E-state index is 8.66. The summed E-state index contributed by atoms with van der Waals surface area (Å²) in [5, 5.41) is 26.0. The Hall–Kier alpha value is -0.840. The fourth-order valence-electron chi connectivity index (χ4n) is 0.553. The van der Waals surface area contributed by atoms with Gasteiger partial charge in [-0.25, -0.2) is 0 Å². The summed E-state index contributed by atoms with van der Waals surface area (Å²) in [5.74, 6) is 0. The molecule has 0 atom stereocenters. The lowest BCUT2D eigenvalue weighted by atomic mass is 9.88. The van der Waals surface area contributed by atoms with E-state index in [9.17, 15) is 0 Å². The van der Waals surface area contributed by atoms with Crippen LogP contribution in [0.2, 0.25) is 0 Å². The normalized spacial score (nSPS) is 9.71. The Labute approximate surface area is 85.1 Å². The van der Waals surface area contributed by atoms with E-state index in [1.165, 1.54) is 12.5 Å². The molecule has 0 fully saturated rings. The molecule has 14 heavy (non-hydrogen) atoms. The maximum Gasteiger partial charge on any atom is 0.0829 e. The van der Waals surface area contributed by atoms with Gasteiger partial charge in [-0.3, -0.25) is 0 Å². The molecular formula is C10H20O4. The number of ether oxygens (including phenoxy) is 1. The lowest BCUT2D eigenvalue weighted by Crippen LogP contribution is -2.32. The molecule has 0 spiro atoms. The van der Waals surface area contributed by atoms with E-state index in [-0.39, 0.29) is 19.8 Å². The molecule has 0 saturated carbocycles. The van der Waals surface area contributed by atoms with Crippen molar-refractivity contribution >= 4 is 0 Å². The van der Waals surface area contributed by atoms with Crippen LogP contribution in [0, 0.1) is 5.41 Å². The highest BCUT2D eigenvalue weighted by Crippen LogP contribution is 2.18. The molecule has 0 aliphatic heterocycles. The van der Waals surface area contributed by atoms with Gasteiger partial charge in [0.2, 0.25) is 0 Å². The van der Waals surface area contributed by atoms with E-state index in [2.05, 4.69) is 17.9 Å². The summed E-state index contributed by atoms with van der Waals surface area (Å²) >= 11 is 0. The molecule has 0 heterocycles. The van der Waals surface area contributed by atoms with Gasteiger partial charge in [0, 0.05) is 5.41 Å². The van der Waals surface area contributed by atoms with Gasteiger partial charge in [-0.05, 0) is 6.42 Å². The molecule has 0 unspecified atom stereocenters. The van der Waals surface area contributed by atoms with Crippen molar-refractivity contribution in [1.82, 2.24) is 0 Å². The second-order valence-electron chi connectivity index (χ2n) is 2.80. The first-order valence-electron chi connectivity index (χ1n) is 4.36. The molecule has 0 rings (SSSR count). The highest BCUT2D eigenvalue weighted by Gasteiger charge is 2.24. The van der Waals surface area contributed by atoms with Crippen LogP contribution in [-0.2, 0) is 4.74 Å². The molecule has 0 bridgehead atoms. The van der Waals surface area contributed by atoms with Gasteiger partial charge in [0.15, 0.2) is 0 Å². The molecule has 3 N–H and O–H groups in total. The van der Waals surface area contributed by atoms with Crippen LogP contribution in [0.4, 0.5) is 0 Å². The Morgan fingerprint density at radius 1 is 1.07 bits per heavy atom. The molecule has 0 aliphatic carbocycles. The van der Waals surface area contributed by atoms with Crippen LogP contribution in [0.5, 0.6) is 0 Å². The predicted octanol–water partition coefficient (Wildman–Crippen LogP) is 0.650. The van der Waals surface area contributed by atoms with E-state index in [0.29, 0.717) is 6.42 Å². The van der Waals surface area contributed by atoms with Gasteiger partial charge in [0.25, 0.3) is 0 Å². The van der Waals surface area contributed by atoms with Gasteiger partial charge < -0.3 is 20.1 Å². The van der Waals surface area contributed by atoms with Crippen LogP contribution in [0.15, 0.2) is 25.7 Å². The third kappa shape index (κ3) is 6.65. The van der Waals surface area contributed by atoms with Crippen LogP contribution in [-0.4, -0.2) is 35.1 Å². The third-order valence-corrected chi connectivity index (χ3v) is 1.95. The largest absolute Gasteiger partial charge is 0.474 e. The third-order valence-electron chi connectivity index (χ3n) is 1.95. The molecule has 0 amide bonds. The van der Waals surface area contributed by atoms with Crippen LogP contribution >= 0.6 is 0 Å². The number of hydrogen-bond acceptors (Lipinski definition) is 4. The second kappa shape index (κ2) is 10.2. The zero-order chi connectivity index (χ0) is 11.4. The van der Waals surface area contributed by atoms with Gasteiger partial charge in [-0.2, -0.15) is 0 Å². The number of aliphatic hydroxyl groups is 3. The summed E-state index contributed by atoms with van der Waals surface area (Å²) in [6.07, 6.45) is 3.22. The molecule has 0 aromatic heterocycles. The molecule has 0 aromatic rings. The van der Waals surface area contributed by atoms with E-state index >= 15 is 0 Å². The van der Waals surface area contributed by atoms with Gasteiger partial charge in [0.1, 0.15) is 0 Å². The quantitative estimate of drug-likeness (QED) is 0.556. The first-order chi connectivity index (χ1) is 6.66. The summed E-state index contributed by atoms with van der Waals surface area (Å²) in [7, 11) is 0. The lowest BCUT2D eigenvalue weighted by Gasteiger charge is -2.24. The highest BCUT2D eigenvalue weighted by molar-refractivity contribution is 4.74. The monoisotopic (exact) mass is 204 g/mol. The zero-order valence-corrected chi connectivity index (χ0v) is 8.65. The van der Waals surface area contributed by atoms with Crippen LogP contribution in [0.3, 0.4) is 0 Å². The molecule has 0 radical (unpaired) electrons. The van der Waals surface area contributed by atoms with Gasteiger partial charge in [-0.1, -0.05) is 20.1 Å². The minimum absolute atomic E-state index is 0.156. The van der Waals surface area contributed by atoms with E-state index < -0.39 is 5.41 Å². The molecule has 84 valence electrons. The summed E-state index contributed by atoms with van der Waals surface area (Å²) in [6.45, 7) is 7.87. The molecule has 0 saturated heterocycles. The Balaban J connectivity index is 0. The standard InChI is InChI=1S/C6H14O3.C4H6O/c1-2-6(3-7,4-8)5-9;1-3-5-4-2/h7-9H,2-5H2,1H3;3-4H,1-2H2. The van der Waals surface area contributed by atoms with Gasteiger partial charge >= 0.3 is 0 Å². The Kier molecular flexibility index (Phi) is 11.4. The number of hydrogen-bond donors (Lipinski definition) is 3. The summed E-state index contributed by atoms with van der Waals surface area (Å²) < 4.78 is 4.36. The average Bonchev–Trinajstić information content (AvgIpc) is 2.24. The van der Waals surface area contributed by atoms with Gasteiger partial charge in [-0.15, -0.1) is 0 Å². The van der Waals surface area contributed by atoms with Crippen LogP contribution in [0.25, 0.3) is 0 Å². The molecular weight excluding hydrogens is 184 g/mol. The first kappa shape index (κ1) is 15.6. The van der Waals surface area contributed by atoms with Crippen molar-refractivity contribution in [3.63, 3.8) is 0 Å². The lowest BCUT2D eigenvalue weighted by molar-refractivity contribution is 0.00304. The van der Waals surface area contributed by atoms with Crippen molar-refractivity contribution in [1.29, 1.82) is 0 Å². The van der Waals surface area contributed by atoms with Crippen molar-refractivity contribution in [3.05, 3.63) is 25.7 Å². The minimum Gasteiger partial charge on any atom is -0.474 e. The van der Waals surface area contributed by atoms with Crippen molar-refractivity contribution in [3.8, 4) is 0 Å². The van der Waals surface area contributed by atoms with Crippen molar-refractivity contribution in [2.75, 3.05) is 19.8 Å². The molecule has 4 heteroatoms. The molecule has 4 nitrogen and oxygen atoms in total. The Morgan fingerprint density at radius 2 is 1.43 bits per heavy atom. The SMILES string of the molecule is C=COC=C.CCC(CO)(CO)CO. The smallest absolute Gasteiger partial charge is 0.0829 e. The Morgan fingerprint density at radius 3 is 1.43 bits per heavy atom. The molecule has 0 aromatic carbocycles. The van der Waals surface area contributed by atoms with E-state index in [4.69, 9.17) is 15.3 Å². The first-order valence-corrected chi connectivity index (χ1v) is 4.36. The summed E-state index contributed by atoms with van der Waals surface area (Å²) in [5.41, 5.74) is -0.667. The summed E-state index contributed by atoms with van der Waals surface area (Å²) in [6, 6.07) is 0. The van der Waals surface area contributed by atoms with Crippen molar-refractivity contribution in [2.45, 2.75) is 13.3 Å². The topological polar surface area (TPSA) is 69.9 Å². The molecule has 0 aliphatic rings. The minimum atomic E-state index is -0.667. The highest BCUT2D eigenvalue weighted by atomic mass is 16.5. The van der Waals surface area contributed by atoms with Crippen molar-refractivity contribution in [2.24, 2.45) is 5.41 Å². The number of rotatable bonds is 6. The number of aliphatic hydroxyl groups excluding tert-OH is 3.